The van der Waals surface area contributed by atoms with Gasteiger partial charge < -0.3 is 0 Å². The quantitative estimate of drug-likeness (QED) is 0.135. The van der Waals surface area contributed by atoms with Crippen LogP contribution in [0.15, 0.2) is 61.2 Å². The molecule has 2 nitrogen and oxygen atoms in total. The first-order valence-corrected chi connectivity index (χ1v) is 11.2. The lowest BCUT2D eigenvalue weighted by molar-refractivity contribution is 0.0765. The van der Waals surface area contributed by atoms with Crippen molar-refractivity contribution in [2.24, 2.45) is 11.8 Å². The Morgan fingerprint density at radius 2 is 1.19 bits per heavy atom. The number of hydrogen-bond donors (Lipinski definition) is 0. The van der Waals surface area contributed by atoms with E-state index in [0.29, 0.717) is 6.42 Å². The van der Waals surface area contributed by atoms with Gasteiger partial charge in [0.1, 0.15) is 11.6 Å². The van der Waals surface area contributed by atoms with Gasteiger partial charge in [-0.3, -0.25) is 9.59 Å². The summed E-state index contributed by atoms with van der Waals surface area (Å²) < 4.78 is 26.6. The molecule has 2 rings (SSSR count). The van der Waals surface area contributed by atoms with E-state index in [4.69, 9.17) is 0 Å². The maximum atomic E-state index is 13.3. The third-order valence-electron chi connectivity index (χ3n) is 5.69. The van der Waals surface area contributed by atoms with E-state index in [0.717, 1.165) is 19.3 Å². The first-order valence-electron chi connectivity index (χ1n) is 11.2. The van der Waals surface area contributed by atoms with Gasteiger partial charge in [-0.05, 0) is 60.9 Å². The molecule has 0 saturated heterocycles. The van der Waals surface area contributed by atoms with E-state index in [1.54, 1.807) is 6.08 Å². The van der Waals surface area contributed by atoms with E-state index in [2.05, 4.69) is 13.5 Å². The highest BCUT2D eigenvalue weighted by Gasteiger charge is 2.34. The number of unbranched alkanes of at least 4 members (excludes halogenated alkanes) is 6. The number of rotatable bonds is 14. The van der Waals surface area contributed by atoms with Crippen molar-refractivity contribution in [3.05, 3.63) is 83.9 Å². The second-order valence-electron chi connectivity index (χ2n) is 8.03. The van der Waals surface area contributed by atoms with Gasteiger partial charge in [-0.2, -0.15) is 0 Å². The van der Waals surface area contributed by atoms with Crippen molar-refractivity contribution in [2.75, 3.05) is 0 Å². The van der Waals surface area contributed by atoms with E-state index in [1.165, 1.54) is 74.2 Å². The van der Waals surface area contributed by atoms with Crippen LogP contribution in [0.5, 0.6) is 0 Å². The van der Waals surface area contributed by atoms with Gasteiger partial charge in [-0.15, -0.1) is 6.58 Å². The third kappa shape index (κ3) is 7.54. The van der Waals surface area contributed by atoms with E-state index in [1.807, 2.05) is 0 Å². The fraction of sp³-hybridized carbons (Fsp3) is 0.407. The maximum Gasteiger partial charge on any atom is 0.174 e. The van der Waals surface area contributed by atoms with Crippen LogP contribution in [0.3, 0.4) is 0 Å². The SMILES string of the molecule is C=CC(CCCCCCCCC)C(C(=O)c1ccc(F)cc1)C(=O)c1ccc(F)cc1. The molecule has 0 amide bonds. The Hall–Kier alpha value is -2.62. The van der Waals surface area contributed by atoms with Crippen molar-refractivity contribution in [3.8, 4) is 0 Å². The maximum absolute atomic E-state index is 13.3. The van der Waals surface area contributed by atoms with Gasteiger partial charge in [0.05, 0.1) is 5.92 Å². The van der Waals surface area contributed by atoms with Crippen molar-refractivity contribution < 1.29 is 18.4 Å². The van der Waals surface area contributed by atoms with Crippen LogP contribution in [0.1, 0.15) is 79.0 Å². The molecular formula is C27H32F2O2. The number of ketones is 2. The highest BCUT2D eigenvalue weighted by molar-refractivity contribution is 6.16. The Labute approximate surface area is 184 Å². The number of carbonyl (C=O) groups is 2. The van der Waals surface area contributed by atoms with Gasteiger partial charge in [0.15, 0.2) is 11.6 Å². The van der Waals surface area contributed by atoms with Gasteiger partial charge in [0.25, 0.3) is 0 Å². The molecule has 2 aromatic rings. The number of benzene rings is 2. The zero-order chi connectivity index (χ0) is 22.6. The highest BCUT2D eigenvalue weighted by Crippen LogP contribution is 2.28. The number of halogens is 2. The minimum absolute atomic E-state index is 0.285. The molecule has 0 aliphatic rings. The summed E-state index contributed by atoms with van der Waals surface area (Å²) in [4.78, 5) is 26.6. The summed E-state index contributed by atoms with van der Waals surface area (Å²) in [5.74, 6) is -2.91. The second-order valence-corrected chi connectivity index (χ2v) is 8.03. The van der Waals surface area contributed by atoms with E-state index >= 15 is 0 Å². The average Bonchev–Trinajstić information content (AvgIpc) is 2.78. The van der Waals surface area contributed by atoms with Gasteiger partial charge in [0.2, 0.25) is 0 Å². The topological polar surface area (TPSA) is 34.1 Å². The predicted octanol–water partition coefficient (Wildman–Crippen LogP) is 7.59. The van der Waals surface area contributed by atoms with Gasteiger partial charge in [-0.1, -0.05) is 57.9 Å². The van der Waals surface area contributed by atoms with E-state index in [-0.39, 0.29) is 28.6 Å². The first kappa shape index (κ1) is 24.6. The van der Waals surface area contributed by atoms with E-state index < -0.39 is 17.6 Å². The minimum atomic E-state index is -0.964. The molecule has 0 aliphatic carbocycles. The van der Waals surface area contributed by atoms with Crippen LogP contribution in [0.2, 0.25) is 0 Å². The smallest absolute Gasteiger partial charge is 0.174 e. The molecule has 1 atom stereocenters. The van der Waals surface area contributed by atoms with Crippen molar-refractivity contribution in [3.63, 3.8) is 0 Å². The van der Waals surface area contributed by atoms with Crippen LogP contribution in [-0.4, -0.2) is 11.6 Å². The molecule has 31 heavy (non-hydrogen) atoms. The van der Waals surface area contributed by atoms with Gasteiger partial charge in [-0.25, -0.2) is 8.78 Å². The van der Waals surface area contributed by atoms with Gasteiger partial charge >= 0.3 is 0 Å². The Morgan fingerprint density at radius 1 is 0.774 bits per heavy atom. The van der Waals surface area contributed by atoms with Crippen molar-refractivity contribution in [1.82, 2.24) is 0 Å². The van der Waals surface area contributed by atoms with Crippen LogP contribution in [0.25, 0.3) is 0 Å². The summed E-state index contributed by atoms with van der Waals surface area (Å²) in [5.41, 5.74) is 0.571. The molecule has 0 bridgehead atoms. The first-order chi connectivity index (χ1) is 15.0. The van der Waals surface area contributed by atoms with Crippen LogP contribution in [-0.2, 0) is 0 Å². The lowest BCUT2D eigenvalue weighted by atomic mass is 9.78. The molecule has 1 unspecified atom stereocenters. The largest absolute Gasteiger partial charge is 0.293 e. The molecule has 0 heterocycles. The lowest BCUT2D eigenvalue weighted by Gasteiger charge is -2.23. The van der Waals surface area contributed by atoms with Crippen LogP contribution < -0.4 is 0 Å². The zero-order valence-electron chi connectivity index (χ0n) is 18.3. The molecule has 0 saturated carbocycles. The van der Waals surface area contributed by atoms with Crippen LogP contribution in [0.4, 0.5) is 8.78 Å². The third-order valence-corrected chi connectivity index (χ3v) is 5.69. The molecule has 0 fully saturated rings. The number of Topliss-reactive ketones (excluding diaryl/α,β-unsaturated/α-hetero) is 2. The summed E-state index contributed by atoms with van der Waals surface area (Å²) >= 11 is 0. The minimum Gasteiger partial charge on any atom is -0.293 e. The average molecular weight is 427 g/mol. The lowest BCUT2D eigenvalue weighted by Crippen LogP contribution is -2.31. The Morgan fingerprint density at radius 3 is 1.61 bits per heavy atom. The molecule has 4 heteroatoms. The second kappa shape index (κ2) is 12.9. The Balaban J connectivity index is 2.17. The molecule has 0 N–H and O–H groups in total. The highest BCUT2D eigenvalue weighted by atomic mass is 19.1. The molecule has 0 aromatic heterocycles. The standard InChI is InChI=1S/C27H32F2O2/c1-3-5-6-7-8-9-10-11-20(4-2)25(26(30)21-12-16-23(28)17-13-21)27(31)22-14-18-24(29)19-15-22/h4,12-20,25H,2-3,5-11H2,1H3. The van der Waals surface area contributed by atoms with Crippen molar-refractivity contribution in [1.29, 1.82) is 0 Å². The number of carbonyl (C=O) groups excluding carboxylic acids is 2. The van der Waals surface area contributed by atoms with Crippen LogP contribution in [0, 0.1) is 23.5 Å². The molecule has 0 aliphatic heterocycles. The Kier molecular flexibility index (Phi) is 10.3. The molecular weight excluding hydrogens is 394 g/mol. The monoisotopic (exact) mass is 426 g/mol. The molecule has 0 spiro atoms. The van der Waals surface area contributed by atoms with E-state index in [9.17, 15) is 18.4 Å². The number of hydrogen-bond acceptors (Lipinski definition) is 2. The summed E-state index contributed by atoms with van der Waals surface area (Å²) in [6.45, 7) is 6.06. The summed E-state index contributed by atoms with van der Waals surface area (Å²) in [6, 6.07) is 10.5. The van der Waals surface area contributed by atoms with Crippen molar-refractivity contribution in [2.45, 2.75) is 58.3 Å². The molecule has 0 radical (unpaired) electrons. The summed E-state index contributed by atoms with van der Waals surface area (Å²) in [7, 11) is 0. The Bertz CT molecular complexity index is 783. The normalized spacial score (nSPS) is 12.0. The number of allylic oxidation sites excluding steroid dienone is 1. The predicted molar refractivity (Wildman–Crippen MR) is 121 cm³/mol. The molecule has 2 aromatic carbocycles. The summed E-state index contributed by atoms with van der Waals surface area (Å²) in [5, 5.41) is 0. The van der Waals surface area contributed by atoms with Crippen LogP contribution >= 0.6 is 0 Å². The zero-order valence-corrected chi connectivity index (χ0v) is 18.3. The van der Waals surface area contributed by atoms with Gasteiger partial charge in [0, 0.05) is 11.1 Å². The summed E-state index contributed by atoms with van der Waals surface area (Å²) in [6.07, 6.45) is 10.3. The van der Waals surface area contributed by atoms with Crippen molar-refractivity contribution >= 4 is 11.6 Å². The molecule has 166 valence electrons. The fourth-order valence-corrected chi connectivity index (χ4v) is 3.85. The fourth-order valence-electron chi connectivity index (χ4n) is 3.85.